The van der Waals surface area contributed by atoms with Gasteiger partial charge in [0.25, 0.3) is 0 Å². The molecule has 0 radical (unpaired) electrons. The molecule has 0 unspecified atom stereocenters. The van der Waals surface area contributed by atoms with Crippen LogP contribution in [0.25, 0.3) is 0 Å². The van der Waals surface area contributed by atoms with Crippen LogP contribution >= 0.6 is 0 Å². The second kappa shape index (κ2) is 5.25. The predicted molar refractivity (Wildman–Crippen MR) is 102 cm³/mol. The van der Waals surface area contributed by atoms with Crippen LogP contribution in [0.3, 0.4) is 0 Å². The van der Waals surface area contributed by atoms with Crippen LogP contribution in [-0.2, 0) is 13.1 Å². The summed E-state index contributed by atoms with van der Waals surface area (Å²) in [6.07, 6.45) is 0.285. The molecule has 0 N–H and O–H groups in total. The van der Waals surface area contributed by atoms with Gasteiger partial charge in [-0.25, -0.2) is 0 Å². The molecule has 2 heterocycles. The molecule has 2 bridgehead atoms. The quantitative estimate of drug-likeness (QED) is 0.783. The SMILES string of the molecule is Cc1cc(C)c2c(c1)N1Cc3c(C)cc(C)cc3N(C2)C1N(C)C. The monoisotopic (exact) mass is 321 g/mol. The number of nitrogens with zero attached hydrogens (tertiary/aromatic N) is 3. The summed E-state index contributed by atoms with van der Waals surface area (Å²) in [6.45, 7) is 10.9. The first-order chi connectivity index (χ1) is 11.4. The summed E-state index contributed by atoms with van der Waals surface area (Å²) in [5, 5.41) is 0. The van der Waals surface area contributed by atoms with Crippen molar-refractivity contribution in [2.24, 2.45) is 0 Å². The summed E-state index contributed by atoms with van der Waals surface area (Å²) >= 11 is 0. The maximum atomic E-state index is 2.57. The number of aryl methyl sites for hydroxylation is 4. The summed E-state index contributed by atoms with van der Waals surface area (Å²) in [6, 6.07) is 9.36. The molecule has 2 aromatic carbocycles. The largest absolute Gasteiger partial charge is 0.334 e. The van der Waals surface area contributed by atoms with E-state index in [1.807, 2.05) is 0 Å². The Kier molecular flexibility index (Phi) is 3.40. The van der Waals surface area contributed by atoms with Crippen molar-refractivity contribution in [3.05, 3.63) is 57.6 Å². The average Bonchev–Trinajstić information content (AvgIpc) is 2.48. The Morgan fingerprint density at radius 3 is 1.54 bits per heavy atom. The Labute approximate surface area is 145 Å². The van der Waals surface area contributed by atoms with Gasteiger partial charge in [-0.1, -0.05) is 12.1 Å². The van der Waals surface area contributed by atoms with Crippen LogP contribution in [0.4, 0.5) is 11.4 Å². The molecule has 2 aliphatic heterocycles. The first-order valence-corrected chi connectivity index (χ1v) is 8.77. The average molecular weight is 321 g/mol. The lowest BCUT2D eigenvalue weighted by Crippen LogP contribution is -2.61. The maximum Gasteiger partial charge on any atom is 0.160 e. The van der Waals surface area contributed by atoms with Crippen LogP contribution in [-0.4, -0.2) is 25.3 Å². The zero-order chi connectivity index (χ0) is 17.2. The number of fused-ring (bicyclic) bond motifs is 6. The highest BCUT2D eigenvalue weighted by Gasteiger charge is 2.40. The van der Waals surface area contributed by atoms with Crippen LogP contribution < -0.4 is 9.80 Å². The Morgan fingerprint density at radius 2 is 1.17 bits per heavy atom. The molecule has 24 heavy (non-hydrogen) atoms. The second-order valence-corrected chi connectivity index (χ2v) is 7.72. The number of hydrogen-bond acceptors (Lipinski definition) is 3. The molecule has 0 atom stereocenters. The fourth-order valence-corrected chi connectivity index (χ4v) is 4.52. The van der Waals surface area contributed by atoms with Gasteiger partial charge >= 0.3 is 0 Å². The molecule has 4 rings (SSSR count). The van der Waals surface area contributed by atoms with Gasteiger partial charge in [0.2, 0.25) is 0 Å². The molecule has 2 aromatic rings. The van der Waals surface area contributed by atoms with Crippen molar-refractivity contribution in [2.75, 3.05) is 23.9 Å². The van der Waals surface area contributed by atoms with E-state index in [1.54, 1.807) is 0 Å². The molecule has 0 fully saturated rings. The fourth-order valence-electron chi connectivity index (χ4n) is 4.52. The van der Waals surface area contributed by atoms with Gasteiger partial charge in [-0.2, -0.15) is 0 Å². The van der Waals surface area contributed by atoms with Crippen molar-refractivity contribution in [3.63, 3.8) is 0 Å². The van der Waals surface area contributed by atoms with Crippen molar-refractivity contribution in [1.82, 2.24) is 4.90 Å². The van der Waals surface area contributed by atoms with E-state index in [2.05, 4.69) is 80.8 Å². The van der Waals surface area contributed by atoms with E-state index >= 15 is 0 Å². The van der Waals surface area contributed by atoms with Gasteiger partial charge in [-0.3, -0.25) is 4.90 Å². The maximum absolute atomic E-state index is 2.57. The highest BCUT2D eigenvalue weighted by atomic mass is 15.5. The first kappa shape index (κ1) is 15.5. The number of anilines is 2. The zero-order valence-corrected chi connectivity index (χ0v) is 15.6. The van der Waals surface area contributed by atoms with E-state index < -0.39 is 0 Å². The minimum atomic E-state index is 0.285. The summed E-state index contributed by atoms with van der Waals surface area (Å²) in [5.41, 5.74) is 11.3. The van der Waals surface area contributed by atoms with Crippen molar-refractivity contribution in [1.29, 1.82) is 0 Å². The highest BCUT2D eigenvalue weighted by molar-refractivity contribution is 5.72. The van der Waals surface area contributed by atoms with Crippen molar-refractivity contribution >= 4 is 11.4 Å². The first-order valence-electron chi connectivity index (χ1n) is 8.77. The molecule has 0 spiro atoms. The van der Waals surface area contributed by atoms with Crippen molar-refractivity contribution < 1.29 is 0 Å². The van der Waals surface area contributed by atoms with Gasteiger partial charge in [0.05, 0.1) is 0 Å². The Bertz CT molecular complexity index is 757. The molecular formula is C21H27N3. The van der Waals surface area contributed by atoms with Crippen LogP contribution in [0.1, 0.15) is 33.4 Å². The van der Waals surface area contributed by atoms with E-state index in [9.17, 15) is 0 Å². The molecular weight excluding hydrogens is 294 g/mol. The molecule has 0 saturated carbocycles. The normalized spacial score (nSPS) is 16.5. The molecule has 0 saturated heterocycles. The molecule has 126 valence electrons. The lowest BCUT2D eigenvalue weighted by Gasteiger charge is -2.54. The van der Waals surface area contributed by atoms with Crippen molar-refractivity contribution in [2.45, 2.75) is 47.1 Å². The van der Waals surface area contributed by atoms with Crippen LogP contribution in [0.15, 0.2) is 24.3 Å². The third-order valence-corrected chi connectivity index (χ3v) is 5.48. The van der Waals surface area contributed by atoms with Gasteiger partial charge in [-0.15, -0.1) is 0 Å². The van der Waals surface area contributed by atoms with E-state index in [1.165, 1.54) is 44.8 Å². The summed E-state index contributed by atoms with van der Waals surface area (Å²) in [7, 11) is 4.37. The fraction of sp³-hybridized carbons (Fsp3) is 0.429. The highest BCUT2D eigenvalue weighted by Crippen LogP contribution is 2.44. The lowest BCUT2D eigenvalue weighted by molar-refractivity contribution is 0.252. The van der Waals surface area contributed by atoms with E-state index in [0.29, 0.717) is 0 Å². The Morgan fingerprint density at radius 1 is 0.750 bits per heavy atom. The van der Waals surface area contributed by atoms with Gasteiger partial charge in [0.15, 0.2) is 6.29 Å². The van der Waals surface area contributed by atoms with Gasteiger partial charge < -0.3 is 9.80 Å². The standard InChI is InChI=1S/C21H27N3/c1-13-7-15(3)17-11-24-20-10-14(2)8-16(4)18(20)12-23(19(17)9-13)21(24)22(5)6/h7-10,21H,11-12H2,1-6H3. The van der Waals surface area contributed by atoms with Crippen LogP contribution in [0, 0.1) is 27.7 Å². The smallest absolute Gasteiger partial charge is 0.160 e. The summed E-state index contributed by atoms with van der Waals surface area (Å²) < 4.78 is 0. The lowest BCUT2D eigenvalue weighted by atomic mass is 9.93. The molecule has 0 amide bonds. The molecule has 2 aliphatic rings. The molecule has 3 nitrogen and oxygen atoms in total. The molecule has 0 aromatic heterocycles. The zero-order valence-electron chi connectivity index (χ0n) is 15.6. The van der Waals surface area contributed by atoms with E-state index in [-0.39, 0.29) is 6.29 Å². The number of rotatable bonds is 1. The minimum absolute atomic E-state index is 0.285. The molecule has 3 heteroatoms. The Balaban J connectivity index is 1.96. The van der Waals surface area contributed by atoms with E-state index in [0.717, 1.165) is 13.1 Å². The topological polar surface area (TPSA) is 9.72 Å². The predicted octanol–water partition coefficient (Wildman–Crippen LogP) is 4.11. The minimum Gasteiger partial charge on any atom is -0.334 e. The van der Waals surface area contributed by atoms with Gasteiger partial charge in [0, 0.05) is 24.5 Å². The number of benzene rings is 2. The summed E-state index contributed by atoms with van der Waals surface area (Å²) in [5.74, 6) is 0. The second-order valence-electron chi connectivity index (χ2n) is 7.72. The van der Waals surface area contributed by atoms with Gasteiger partial charge in [-0.05, 0) is 87.3 Å². The van der Waals surface area contributed by atoms with Gasteiger partial charge in [0.1, 0.15) is 0 Å². The third-order valence-electron chi connectivity index (χ3n) is 5.48. The third kappa shape index (κ3) is 2.15. The van der Waals surface area contributed by atoms with Crippen LogP contribution in [0.5, 0.6) is 0 Å². The van der Waals surface area contributed by atoms with E-state index in [4.69, 9.17) is 0 Å². The van der Waals surface area contributed by atoms with Crippen LogP contribution in [0.2, 0.25) is 0 Å². The van der Waals surface area contributed by atoms with Crippen molar-refractivity contribution in [3.8, 4) is 0 Å². The Hall–Kier alpha value is -2.00. The number of hydrogen-bond donors (Lipinski definition) is 0. The summed E-state index contributed by atoms with van der Waals surface area (Å²) in [4.78, 5) is 7.48. The molecule has 0 aliphatic carbocycles.